The zero-order chi connectivity index (χ0) is 36.7. The molecule has 3 N–H and O–H groups in total. The third-order valence-corrected chi connectivity index (χ3v) is 10.4. The van der Waals surface area contributed by atoms with Crippen LogP contribution in [0.4, 0.5) is 24.5 Å². The number of nitrogens with one attached hydrogen (secondary N) is 3. The van der Waals surface area contributed by atoms with Gasteiger partial charge in [0.1, 0.15) is 28.9 Å². The number of aromatic amines is 1. The largest absolute Gasteiger partial charge is 0.496 e. The summed E-state index contributed by atoms with van der Waals surface area (Å²) in [7, 11) is 4.70. The molecule has 0 aliphatic carbocycles. The molecular weight excluding hydrogens is 681 g/mol. The molecule has 0 radical (unpaired) electrons. The van der Waals surface area contributed by atoms with Crippen LogP contribution in [0.15, 0.2) is 47.5 Å². The van der Waals surface area contributed by atoms with Gasteiger partial charge in [0.15, 0.2) is 0 Å². The van der Waals surface area contributed by atoms with Crippen molar-refractivity contribution in [1.82, 2.24) is 29.9 Å². The second kappa shape index (κ2) is 14.1. The van der Waals surface area contributed by atoms with Crippen molar-refractivity contribution >= 4 is 34.1 Å². The van der Waals surface area contributed by atoms with Crippen molar-refractivity contribution in [2.75, 3.05) is 63.7 Å². The van der Waals surface area contributed by atoms with Crippen LogP contribution in [0.25, 0.3) is 22.0 Å². The first-order valence-electron chi connectivity index (χ1n) is 17.2. The Bertz CT molecular complexity index is 2040. The lowest BCUT2D eigenvalue weighted by Gasteiger charge is -2.46. The van der Waals surface area contributed by atoms with Crippen LogP contribution in [0.3, 0.4) is 0 Å². The molecule has 0 bridgehead atoms. The van der Waals surface area contributed by atoms with Gasteiger partial charge in [-0.1, -0.05) is 0 Å². The van der Waals surface area contributed by atoms with Crippen molar-refractivity contribution < 1.29 is 32.2 Å². The fourth-order valence-corrected chi connectivity index (χ4v) is 7.64. The van der Waals surface area contributed by atoms with Crippen molar-refractivity contribution in [2.24, 2.45) is 7.05 Å². The molecule has 276 valence electrons. The Morgan fingerprint density at radius 2 is 1.73 bits per heavy atom. The number of halogens is 3. The standard InChI is InChI=1S/C36H41F3N8O5/c1-44-18-24(23-17-40-43-33(23)35(44)50)21-14-29(51-2)25(30(15-21)52-3)19-45-9-8-31(36(38,39)20-45)47-12-10-46(11-13-47)28-6-4-22(16-26(28)37)41-27-5-7-32(48)42-34(27)49/h4,6,14-18,27,31,41H,5,7-13,19-20H2,1-3H3,(H,40,43)(H,42,48,49). The second-order valence-corrected chi connectivity index (χ2v) is 13.6. The molecule has 4 aromatic rings. The summed E-state index contributed by atoms with van der Waals surface area (Å²) in [6.07, 6.45) is 4.09. The van der Waals surface area contributed by atoms with Crippen LogP contribution in [-0.4, -0.2) is 108 Å². The first kappa shape index (κ1) is 35.3. The molecular formula is C36H41F3N8O5. The number of rotatable bonds is 9. The van der Waals surface area contributed by atoms with E-state index >= 15 is 13.2 Å². The Morgan fingerprint density at radius 1 is 1.00 bits per heavy atom. The number of methoxy groups -OCH3 is 2. The molecule has 3 aliphatic heterocycles. The van der Waals surface area contributed by atoms with E-state index in [0.29, 0.717) is 78.5 Å². The summed E-state index contributed by atoms with van der Waals surface area (Å²) < 4.78 is 60.0. The zero-order valence-corrected chi connectivity index (χ0v) is 29.2. The molecule has 52 heavy (non-hydrogen) atoms. The number of anilines is 2. The van der Waals surface area contributed by atoms with Gasteiger partial charge in [0, 0.05) is 75.6 Å². The third kappa shape index (κ3) is 6.79. The maximum atomic E-state index is 15.9. The Kier molecular flexibility index (Phi) is 9.61. The number of aryl methyl sites for hydroxylation is 1. The van der Waals surface area contributed by atoms with Gasteiger partial charge in [-0.2, -0.15) is 5.10 Å². The molecule has 7 rings (SSSR count). The van der Waals surface area contributed by atoms with E-state index in [9.17, 15) is 14.4 Å². The van der Waals surface area contributed by atoms with Crippen LogP contribution >= 0.6 is 0 Å². The summed E-state index contributed by atoms with van der Waals surface area (Å²) in [5.74, 6) is -3.29. The number of aromatic nitrogens is 3. The van der Waals surface area contributed by atoms with Crippen molar-refractivity contribution in [3.05, 3.63) is 64.5 Å². The van der Waals surface area contributed by atoms with Crippen LogP contribution in [0.1, 0.15) is 24.8 Å². The lowest BCUT2D eigenvalue weighted by molar-refractivity contribution is -0.133. The number of likely N-dealkylation sites (tertiary alicyclic amines) is 1. The van der Waals surface area contributed by atoms with Crippen molar-refractivity contribution in [3.63, 3.8) is 0 Å². The average molecular weight is 723 g/mol. The van der Waals surface area contributed by atoms with Gasteiger partial charge >= 0.3 is 0 Å². The zero-order valence-electron chi connectivity index (χ0n) is 29.2. The van der Waals surface area contributed by atoms with Gasteiger partial charge in [0.25, 0.3) is 11.5 Å². The van der Waals surface area contributed by atoms with Crippen molar-refractivity contribution in [3.8, 4) is 22.6 Å². The summed E-state index contributed by atoms with van der Waals surface area (Å²) in [6.45, 7) is 1.65. The number of piperidine rings is 2. The molecule has 3 aliphatic rings. The second-order valence-electron chi connectivity index (χ2n) is 13.6. The highest BCUT2D eigenvalue weighted by Crippen LogP contribution is 2.40. The number of ether oxygens (including phenoxy) is 2. The minimum absolute atomic E-state index is 0.185. The van der Waals surface area contributed by atoms with Gasteiger partial charge in [0.05, 0.1) is 44.3 Å². The number of hydrogen-bond donors (Lipinski definition) is 3. The number of piperazine rings is 1. The normalized spacial score (nSPS) is 21.3. The molecule has 2 atom stereocenters. The first-order chi connectivity index (χ1) is 24.9. The highest BCUT2D eigenvalue weighted by Gasteiger charge is 2.48. The Hall–Kier alpha value is -5.09. The number of alkyl halides is 2. The third-order valence-electron chi connectivity index (χ3n) is 10.4. The van der Waals surface area contributed by atoms with Gasteiger partial charge in [-0.05, 0) is 48.7 Å². The summed E-state index contributed by atoms with van der Waals surface area (Å²) in [6, 6.07) is 6.68. The molecule has 3 saturated heterocycles. The minimum atomic E-state index is -3.00. The van der Waals surface area contributed by atoms with E-state index in [4.69, 9.17) is 9.47 Å². The van der Waals surface area contributed by atoms with Crippen LogP contribution in [0.2, 0.25) is 0 Å². The molecule has 2 unspecified atom stereocenters. The molecule has 0 spiro atoms. The fraction of sp³-hybridized carbons (Fsp3) is 0.444. The Labute approximate surface area is 297 Å². The smallest absolute Gasteiger partial charge is 0.276 e. The summed E-state index contributed by atoms with van der Waals surface area (Å²) in [5.41, 5.74) is 3.06. The summed E-state index contributed by atoms with van der Waals surface area (Å²) >= 11 is 0. The first-order valence-corrected chi connectivity index (χ1v) is 17.2. The molecule has 0 saturated carbocycles. The highest BCUT2D eigenvalue weighted by molar-refractivity contribution is 6.01. The fourth-order valence-electron chi connectivity index (χ4n) is 7.64. The maximum Gasteiger partial charge on any atom is 0.276 e. The van der Waals surface area contributed by atoms with Crippen molar-refractivity contribution in [2.45, 2.75) is 43.8 Å². The average Bonchev–Trinajstić information content (AvgIpc) is 3.62. The number of carbonyl (C=O) groups is 2. The van der Waals surface area contributed by atoms with Gasteiger partial charge in [-0.15, -0.1) is 0 Å². The number of H-pyrrole nitrogens is 1. The number of hydrogen-bond acceptors (Lipinski definition) is 10. The summed E-state index contributed by atoms with van der Waals surface area (Å²) in [5, 5.41) is 12.7. The minimum Gasteiger partial charge on any atom is -0.496 e. The maximum absolute atomic E-state index is 15.9. The molecule has 3 fully saturated rings. The van der Waals surface area contributed by atoms with E-state index in [1.807, 2.05) is 21.9 Å². The number of pyridine rings is 1. The predicted molar refractivity (Wildman–Crippen MR) is 188 cm³/mol. The molecule has 2 aromatic heterocycles. The van der Waals surface area contributed by atoms with E-state index in [2.05, 4.69) is 20.8 Å². The number of imide groups is 1. The molecule has 5 heterocycles. The predicted octanol–water partition coefficient (Wildman–Crippen LogP) is 3.33. The molecule has 2 amide bonds. The van der Waals surface area contributed by atoms with Crippen LogP contribution in [-0.2, 0) is 23.2 Å². The number of fused-ring (bicyclic) bond motifs is 1. The summed E-state index contributed by atoms with van der Waals surface area (Å²) in [4.78, 5) is 41.5. The number of carbonyl (C=O) groups excluding carboxylic acids is 2. The Morgan fingerprint density at radius 3 is 2.38 bits per heavy atom. The van der Waals surface area contributed by atoms with Crippen LogP contribution in [0.5, 0.6) is 11.5 Å². The van der Waals surface area contributed by atoms with Gasteiger partial charge < -0.3 is 24.3 Å². The topological polar surface area (TPSA) is 137 Å². The van der Waals surface area contributed by atoms with Crippen LogP contribution in [0, 0.1) is 5.82 Å². The van der Waals surface area contributed by atoms with E-state index in [1.165, 1.54) is 24.9 Å². The van der Waals surface area contributed by atoms with E-state index in [-0.39, 0.29) is 30.9 Å². The number of nitrogens with zero attached hydrogens (tertiary/aromatic N) is 5. The monoisotopic (exact) mass is 722 g/mol. The lowest BCUT2D eigenvalue weighted by Crippen LogP contribution is -2.61. The van der Waals surface area contributed by atoms with Gasteiger partial charge in [0.2, 0.25) is 11.8 Å². The molecule has 13 nitrogen and oxygen atoms in total. The number of amides is 2. The number of benzene rings is 2. The van der Waals surface area contributed by atoms with Gasteiger partial charge in [-0.25, -0.2) is 13.2 Å². The molecule has 16 heteroatoms. The Balaban J connectivity index is 0.992. The van der Waals surface area contributed by atoms with Crippen molar-refractivity contribution in [1.29, 1.82) is 0 Å². The van der Waals surface area contributed by atoms with Gasteiger partial charge in [-0.3, -0.25) is 34.6 Å². The van der Waals surface area contributed by atoms with E-state index in [0.717, 1.165) is 11.1 Å². The molecule has 2 aromatic carbocycles. The quantitative estimate of drug-likeness (QED) is 0.221. The van der Waals surface area contributed by atoms with Crippen LogP contribution < -0.4 is 30.6 Å². The van der Waals surface area contributed by atoms with E-state index in [1.54, 1.807) is 36.5 Å². The highest BCUT2D eigenvalue weighted by atomic mass is 19.3. The SMILES string of the molecule is COc1cc(-c2cn(C)c(=O)c3[nH]ncc23)cc(OC)c1CN1CCC(N2CCN(c3ccc(NC4CCC(=O)NC4=O)cc3F)CC2)C(F)(F)C1. The van der Waals surface area contributed by atoms with E-state index < -0.39 is 36.3 Å². The lowest BCUT2D eigenvalue weighted by atomic mass is 9.96.